The lowest BCUT2D eigenvalue weighted by Crippen LogP contribution is -2.38. The molecule has 0 aliphatic carbocycles. The van der Waals surface area contributed by atoms with Gasteiger partial charge in [-0.1, -0.05) is 13.8 Å². The fourth-order valence-corrected chi connectivity index (χ4v) is 1.46. The van der Waals surface area contributed by atoms with E-state index in [2.05, 4.69) is 16.0 Å². The molecule has 1 aromatic rings. The van der Waals surface area contributed by atoms with E-state index < -0.39 is 6.09 Å². The van der Waals surface area contributed by atoms with Crippen molar-refractivity contribution in [2.75, 3.05) is 17.2 Å². The third-order valence-electron chi connectivity index (χ3n) is 3.02. The van der Waals surface area contributed by atoms with Crippen LogP contribution in [0.25, 0.3) is 0 Å². The van der Waals surface area contributed by atoms with Crippen LogP contribution >= 0.6 is 0 Å². The van der Waals surface area contributed by atoms with Gasteiger partial charge < -0.3 is 15.4 Å². The van der Waals surface area contributed by atoms with Crippen molar-refractivity contribution in [3.63, 3.8) is 0 Å². The Balaban J connectivity index is 2.51. The van der Waals surface area contributed by atoms with Crippen molar-refractivity contribution in [3.05, 3.63) is 24.3 Å². The van der Waals surface area contributed by atoms with E-state index in [4.69, 9.17) is 4.74 Å². The Morgan fingerprint density at radius 2 is 1.57 bits per heavy atom. The molecule has 0 spiro atoms. The Bertz CT molecular complexity index is 472. The highest BCUT2D eigenvalue weighted by Crippen LogP contribution is 2.14. The molecule has 0 radical (unpaired) electrons. The highest BCUT2D eigenvalue weighted by molar-refractivity contribution is 5.90. The Morgan fingerprint density at radius 1 is 1.05 bits per heavy atom. The van der Waals surface area contributed by atoms with Gasteiger partial charge in [0.2, 0.25) is 0 Å². The number of hydrogen-bond acceptors (Lipinski definition) is 3. The summed E-state index contributed by atoms with van der Waals surface area (Å²) in [6.07, 6.45) is -0.498. The second-order valence-corrected chi connectivity index (χ2v) is 5.05. The third kappa shape index (κ3) is 6.16. The smallest absolute Gasteiger partial charge is 0.411 e. The van der Waals surface area contributed by atoms with Crippen molar-refractivity contribution in [2.45, 2.75) is 33.7 Å². The topological polar surface area (TPSA) is 79.5 Å². The van der Waals surface area contributed by atoms with Crippen LogP contribution in [0.1, 0.15) is 27.7 Å². The van der Waals surface area contributed by atoms with E-state index in [9.17, 15) is 9.59 Å². The summed E-state index contributed by atoms with van der Waals surface area (Å²) in [6, 6.07) is 6.65. The molecule has 1 rings (SSSR count). The number of ether oxygens (including phenoxy) is 1. The molecular formula is C15H23N3O3. The molecule has 3 amide bonds. The van der Waals surface area contributed by atoms with Crippen LogP contribution in [0.2, 0.25) is 0 Å². The first-order chi connectivity index (χ1) is 9.92. The van der Waals surface area contributed by atoms with Crippen molar-refractivity contribution in [1.82, 2.24) is 5.32 Å². The van der Waals surface area contributed by atoms with Gasteiger partial charge in [-0.05, 0) is 44.0 Å². The van der Waals surface area contributed by atoms with Crippen LogP contribution in [0.15, 0.2) is 24.3 Å². The van der Waals surface area contributed by atoms with E-state index in [0.717, 1.165) is 0 Å². The van der Waals surface area contributed by atoms with E-state index in [0.29, 0.717) is 23.9 Å². The van der Waals surface area contributed by atoms with E-state index in [1.807, 2.05) is 20.8 Å². The number of carbonyl (C=O) groups is 2. The van der Waals surface area contributed by atoms with Gasteiger partial charge in [-0.2, -0.15) is 0 Å². The van der Waals surface area contributed by atoms with Gasteiger partial charge in [0.15, 0.2) is 0 Å². The Kier molecular flexibility index (Phi) is 6.52. The summed E-state index contributed by atoms with van der Waals surface area (Å²) < 4.78 is 4.78. The van der Waals surface area contributed by atoms with Gasteiger partial charge in [0, 0.05) is 17.4 Å². The van der Waals surface area contributed by atoms with Crippen molar-refractivity contribution in [1.29, 1.82) is 0 Å². The predicted molar refractivity (Wildman–Crippen MR) is 83.5 cm³/mol. The molecule has 0 aliphatic heterocycles. The molecule has 1 aromatic carbocycles. The average Bonchev–Trinajstić information content (AvgIpc) is 2.41. The van der Waals surface area contributed by atoms with Crippen LogP contribution in [0.5, 0.6) is 0 Å². The van der Waals surface area contributed by atoms with Crippen LogP contribution in [0, 0.1) is 5.92 Å². The molecule has 6 nitrogen and oxygen atoms in total. The quantitative estimate of drug-likeness (QED) is 0.778. The minimum atomic E-state index is -0.498. The summed E-state index contributed by atoms with van der Waals surface area (Å²) >= 11 is 0. The largest absolute Gasteiger partial charge is 0.450 e. The zero-order valence-electron chi connectivity index (χ0n) is 12.9. The highest BCUT2D eigenvalue weighted by atomic mass is 16.5. The first-order valence-corrected chi connectivity index (χ1v) is 7.03. The summed E-state index contributed by atoms with van der Waals surface area (Å²) in [7, 11) is 0. The molecule has 0 bridgehead atoms. The van der Waals surface area contributed by atoms with Crippen LogP contribution in [0.3, 0.4) is 0 Å². The third-order valence-corrected chi connectivity index (χ3v) is 3.02. The van der Waals surface area contributed by atoms with Crippen molar-refractivity contribution < 1.29 is 14.3 Å². The SMILES string of the molecule is CCOC(=O)Nc1ccc(NC(=O)N[C@H](C)C(C)C)cc1. The lowest BCUT2D eigenvalue weighted by Gasteiger charge is -2.17. The molecule has 6 heteroatoms. The fourth-order valence-electron chi connectivity index (χ4n) is 1.46. The van der Waals surface area contributed by atoms with Crippen LogP contribution < -0.4 is 16.0 Å². The van der Waals surface area contributed by atoms with Gasteiger partial charge in [0.25, 0.3) is 0 Å². The Labute approximate surface area is 125 Å². The van der Waals surface area contributed by atoms with Crippen LogP contribution in [0.4, 0.5) is 21.0 Å². The molecule has 0 unspecified atom stereocenters. The number of carbonyl (C=O) groups excluding carboxylic acids is 2. The second-order valence-electron chi connectivity index (χ2n) is 5.05. The summed E-state index contributed by atoms with van der Waals surface area (Å²) in [6.45, 7) is 8.10. The zero-order chi connectivity index (χ0) is 15.8. The van der Waals surface area contributed by atoms with Gasteiger partial charge in [0.1, 0.15) is 0 Å². The lowest BCUT2D eigenvalue weighted by molar-refractivity contribution is 0.168. The maximum atomic E-state index is 11.8. The number of hydrogen-bond donors (Lipinski definition) is 3. The molecule has 1 atom stereocenters. The molecule has 0 aliphatic rings. The average molecular weight is 293 g/mol. The van der Waals surface area contributed by atoms with E-state index in [1.54, 1.807) is 31.2 Å². The van der Waals surface area contributed by atoms with E-state index >= 15 is 0 Å². The summed E-state index contributed by atoms with van der Waals surface area (Å²) in [5.74, 6) is 0.368. The fraction of sp³-hybridized carbons (Fsp3) is 0.467. The van der Waals surface area contributed by atoms with Crippen molar-refractivity contribution in [3.8, 4) is 0 Å². The maximum absolute atomic E-state index is 11.8. The first kappa shape index (κ1) is 16.8. The van der Waals surface area contributed by atoms with Crippen LogP contribution in [-0.2, 0) is 4.74 Å². The number of rotatable bonds is 5. The van der Waals surface area contributed by atoms with E-state index in [-0.39, 0.29) is 12.1 Å². The molecular weight excluding hydrogens is 270 g/mol. The van der Waals surface area contributed by atoms with Gasteiger partial charge >= 0.3 is 12.1 Å². The molecule has 116 valence electrons. The summed E-state index contributed by atoms with van der Waals surface area (Å²) in [5.41, 5.74) is 1.26. The Hall–Kier alpha value is -2.24. The number of benzene rings is 1. The number of urea groups is 1. The molecule has 0 heterocycles. The first-order valence-electron chi connectivity index (χ1n) is 7.03. The number of anilines is 2. The number of amides is 3. The standard InChI is InChI=1S/C15H23N3O3/c1-5-21-15(20)18-13-8-6-12(7-9-13)17-14(19)16-11(4)10(2)3/h6-11H,5H2,1-4H3,(H,18,20)(H2,16,17,19)/t11-/m1/s1. The monoisotopic (exact) mass is 293 g/mol. The molecule has 0 fully saturated rings. The van der Waals surface area contributed by atoms with Gasteiger partial charge in [-0.15, -0.1) is 0 Å². The van der Waals surface area contributed by atoms with Gasteiger partial charge in [0.05, 0.1) is 6.61 Å². The van der Waals surface area contributed by atoms with Crippen molar-refractivity contribution >= 4 is 23.5 Å². The minimum Gasteiger partial charge on any atom is -0.450 e. The van der Waals surface area contributed by atoms with Gasteiger partial charge in [-0.3, -0.25) is 5.32 Å². The molecule has 0 saturated heterocycles. The molecule has 21 heavy (non-hydrogen) atoms. The van der Waals surface area contributed by atoms with Crippen LogP contribution in [-0.4, -0.2) is 24.8 Å². The molecule has 0 saturated carbocycles. The molecule has 3 N–H and O–H groups in total. The van der Waals surface area contributed by atoms with Gasteiger partial charge in [-0.25, -0.2) is 9.59 Å². The highest BCUT2D eigenvalue weighted by Gasteiger charge is 2.10. The lowest BCUT2D eigenvalue weighted by atomic mass is 10.1. The number of nitrogens with one attached hydrogen (secondary N) is 3. The summed E-state index contributed by atoms with van der Waals surface area (Å²) in [5, 5.41) is 8.17. The zero-order valence-corrected chi connectivity index (χ0v) is 12.9. The van der Waals surface area contributed by atoms with E-state index in [1.165, 1.54) is 0 Å². The second kappa shape index (κ2) is 8.14. The maximum Gasteiger partial charge on any atom is 0.411 e. The predicted octanol–water partition coefficient (Wildman–Crippen LogP) is 3.42. The van der Waals surface area contributed by atoms with Crippen molar-refractivity contribution in [2.24, 2.45) is 5.92 Å². The Morgan fingerprint density at radius 3 is 2.05 bits per heavy atom. The minimum absolute atomic E-state index is 0.0924. The normalized spacial score (nSPS) is 11.7. The molecule has 0 aromatic heterocycles. The summed E-state index contributed by atoms with van der Waals surface area (Å²) in [4.78, 5) is 23.0.